The molecule has 0 atom stereocenters. The summed E-state index contributed by atoms with van der Waals surface area (Å²) in [4.78, 5) is 14.0. The minimum atomic E-state index is 0. The van der Waals surface area contributed by atoms with Gasteiger partial charge in [0.2, 0.25) is 5.91 Å². The molecule has 2 N–H and O–H groups in total. The van der Waals surface area contributed by atoms with Crippen LogP contribution in [0.2, 0.25) is 5.02 Å². The summed E-state index contributed by atoms with van der Waals surface area (Å²) in [6.07, 6.45) is 1.04. The van der Waals surface area contributed by atoms with Gasteiger partial charge in [-0.3, -0.25) is 4.79 Å². The molecule has 1 amide bonds. The molecule has 130 valence electrons. The fourth-order valence-electron chi connectivity index (χ4n) is 2.41. The maximum absolute atomic E-state index is 12.3. The molecular weight excluding hydrogens is 347 g/mol. The monoisotopic (exact) mass is 368 g/mol. The summed E-state index contributed by atoms with van der Waals surface area (Å²) in [7, 11) is 3.38. The fraction of sp³-hybridized carbons (Fsp3) is 0.278. The van der Waals surface area contributed by atoms with Crippen molar-refractivity contribution < 1.29 is 9.53 Å². The molecule has 0 saturated heterocycles. The molecule has 2 rings (SSSR count). The van der Waals surface area contributed by atoms with Crippen LogP contribution in [0.3, 0.4) is 0 Å². The lowest BCUT2D eigenvalue weighted by molar-refractivity contribution is -0.130. The van der Waals surface area contributed by atoms with E-state index in [9.17, 15) is 4.79 Å². The Morgan fingerprint density at radius 1 is 1.21 bits per heavy atom. The normalized spacial score (nSPS) is 9.96. The molecule has 4 nitrogen and oxygen atoms in total. The molecule has 6 heteroatoms. The summed E-state index contributed by atoms with van der Waals surface area (Å²) >= 11 is 6.02. The summed E-state index contributed by atoms with van der Waals surface area (Å²) in [6, 6.07) is 13.0. The predicted octanol–water partition coefficient (Wildman–Crippen LogP) is 3.94. The molecule has 0 fully saturated rings. The number of hydrogen-bond donors (Lipinski definition) is 1. The second-order valence-corrected chi connectivity index (χ2v) is 5.84. The van der Waals surface area contributed by atoms with Crippen LogP contribution in [0.5, 0.6) is 5.75 Å². The van der Waals surface area contributed by atoms with Gasteiger partial charge in [0.05, 0.1) is 7.11 Å². The van der Waals surface area contributed by atoms with Gasteiger partial charge in [0.25, 0.3) is 0 Å². The van der Waals surface area contributed by atoms with Crippen LogP contribution in [-0.2, 0) is 17.8 Å². The smallest absolute Gasteiger partial charge is 0.222 e. The Labute approximate surface area is 154 Å². The Kier molecular flexibility index (Phi) is 7.89. The molecule has 0 aliphatic carbocycles. The van der Waals surface area contributed by atoms with Gasteiger partial charge >= 0.3 is 0 Å². The number of ether oxygens (including phenoxy) is 1. The molecule has 0 aromatic heterocycles. The van der Waals surface area contributed by atoms with Crippen LogP contribution in [-0.4, -0.2) is 25.0 Å². The first-order chi connectivity index (χ1) is 11.0. The Bertz CT molecular complexity index is 692. The van der Waals surface area contributed by atoms with Crippen LogP contribution < -0.4 is 10.5 Å². The molecule has 0 heterocycles. The van der Waals surface area contributed by atoms with Crippen molar-refractivity contribution in [2.45, 2.75) is 19.4 Å². The third-order valence-electron chi connectivity index (χ3n) is 3.74. The maximum atomic E-state index is 12.3. The highest BCUT2D eigenvalue weighted by molar-refractivity contribution is 6.30. The number of rotatable bonds is 6. The van der Waals surface area contributed by atoms with Crippen LogP contribution in [0.4, 0.5) is 5.69 Å². The third kappa shape index (κ3) is 5.32. The average molecular weight is 369 g/mol. The molecule has 0 aliphatic rings. The van der Waals surface area contributed by atoms with E-state index in [2.05, 4.69) is 0 Å². The second kappa shape index (κ2) is 9.40. The minimum Gasteiger partial charge on any atom is -0.496 e. The number of hydrogen-bond acceptors (Lipinski definition) is 3. The lowest BCUT2D eigenvalue weighted by Crippen LogP contribution is -2.26. The van der Waals surface area contributed by atoms with Gasteiger partial charge in [0, 0.05) is 36.3 Å². The highest BCUT2D eigenvalue weighted by Gasteiger charge is 2.13. The van der Waals surface area contributed by atoms with Crippen molar-refractivity contribution in [1.29, 1.82) is 0 Å². The van der Waals surface area contributed by atoms with Crippen LogP contribution in [0.15, 0.2) is 42.5 Å². The zero-order chi connectivity index (χ0) is 16.8. The van der Waals surface area contributed by atoms with Gasteiger partial charge in [0.15, 0.2) is 0 Å². The Morgan fingerprint density at radius 2 is 1.92 bits per heavy atom. The molecular formula is C18H22Cl2N2O2. The van der Waals surface area contributed by atoms with E-state index < -0.39 is 0 Å². The predicted molar refractivity (Wildman–Crippen MR) is 101 cm³/mol. The van der Waals surface area contributed by atoms with Crippen LogP contribution in [0.1, 0.15) is 17.5 Å². The first kappa shape index (κ1) is 20.1. The number of anilines is 1. The van der Waals surface area contributed by atoms with E-state index in [1.165, 1.54) is 0 Å². The lowest BCUT2D eigenvalue weighted by atomic mass is 10.1. The van der Waals surface area contributed by atoms with Gasteiger partial charge in [-0.25, -0.2) is 0 Å². The Balaban J connectivity index is 0.00000288. The molecule has 2 aromatic carbocycles. The van der Waals surface area contributed by atoms with E-state index in [1.54, 1.807) is 31.2 Å². The van der Waals surface area contributed by atoms with Crippen molar-refractivity contribution >= 4 is 35.6 Å². The van der Waals surface area contributed by atoms with E-state index in [0.29, 0.717) is 24.4 Å². The quantitative estimate of drug-likeness (QED) is 0.785. The number of benzene rings is 2. The van der Waals surface area contributed by atoms with Gasteiger partial charge in [-0.05, 0) is 36.2 Å². The molecule has 0 spiro atoms. The number of methoxy groups -OCH3 is 1. The van der Waals surface area contributed by atoms with E-state index in [1.807, 2.05) is 30.3 Å². The number of nitrogens with two attached hydrogens (primary N) is 1. The van der Waals surface area contributed by atoms with Crippen LogP contribution >= 0.6 is 24.0 Å². The van der Waals surface area contributed by atoms with E-state index in [-0.39, 0.29) is 18.3 Å². The first-order valence-electron chi connectivity index (χ1n) is 7.41. The number of nitrogen functional groups attached to an aromatic ring is 1. The number of aryl methyl sites for hydroxylation is 1. The van der Waals surface area contributed by atoms with Crippen molar-refractivity contribution in [3.63, 3.8) is 0 Å². The standard InChI is InChI=1S/C18H21ClN2O2.ClH/c1-21(12-14-11-15(19)8-9-17(14)23-2)18(22)10-7-13-5-3-4-6-16(13)20;/h3-6,8-9,11H,7,10,12,20H2,1-2H3;1H. The van der Waals surface area contributed by atoms with E-state index in [0.717, 1.165) is 22.6 Å². The van der Waals surface area contributed by atoms with Gasteiger partial charge in [-0.15, -0.1) is 12.4 Å². The van der Waals surface area contributed by atoms with Crippen molar-refractivity contribution in [3.8, 4) is 5.75 Å². The zero-order valence-electron chi connectivity index (χ0n) is 13.8. The summed E-state index contributed by atoms with van der Waals surface area (Å²) in [5, 5.41) is 0.624. The van der Waals surface area contributed by atoms with Crippen molar-refractivity contribution in [2.75, 3.05) is 19.9 Å². The number of amides is 1. The highest BCUT2D eigenvalue weighted by atomic mass is 35.5. The van der Waals surface area contributed by atoms with Crippen LogP contribution in [0.25, 0.3) is 0 Å². The first-order valence-corrected chi connectivity index (χ1v) is 7.79. The number of halogens is 2. The third-order valence-corrected chi connectivity index (χ3v) is 3.97. The van der Waals surface area contributed by atoms with Crippen molar-refractivity contribution in [1.82, 2.24) is 4.90 Å². The molecule has 0 radical (unpaired) electrons. The zero-order valence-corrected chi connectivity index (χ0v) is 15.4. The Hall–Kier alpha value is -1.91. The minimum absolute atomic E-state index is 0. The molecule has 0 saturated carbocycles. The number of carbonyl (C=O) groups is 1. The average Bonchev–Trinajstić information content (AvgIpc) is 2.54. The molecule has 0 aliphatic heterocycles. The number of para-hydroxylation sites is 1. The maximum Gasteiger partial charge on any atom is 0.222 e. The number of carbonyl (C=O) groups excluding carboxylic acids is 1. The van der Waals surface area contributed by atoms with Gasteiger partial charge in [-0.1, -0.05) is 29.8 Å². The molecule has 24 heavy (non-hydrogen) atoms. The van der Waals surface area contributed by atoms with Crippen LogP contribution in [0, 0.1) is 0 Å². The molecule has 2 aromatic rings. The van der Waals surface area contributed by atoms with Gasteiger partial charge in [0.1, 0.15) is 5.75 Å². The van der Waals surface area contributed by atoms with E-state index in [4.69, 9.17) is 22.1 Å². The summed E-state index contributed by atoms with van der Waals surface area (Å²) in [5.74, 6) is 0.775. The largest absolute Gasteiger partial charge is 0.496 e. The lowest BCUT2D eigenvalue weighted by Gasteiger charge is -2.19. The van der Waals surface area contributed by atoms with Crippen molar-refractivity contribution in [3.05, 3.63) is 58.6 Å². The summed E-state index contributed by atoms with van der Waals surface area (Å²) in [5.41, 5.74) is 8.51. The highest BCUT2D eigenvalue weighted by Crippen LogP contribution is 2.24. The Morgan fingerprint density at radius 3 is 2.58 bits per heavy atom. The fourth-order valence-corrected chi connectivity index (χ4v) is 2.60. The summed E-state index contributed by atoms with van der Waals surface area (Å²) < 4.78 is 5.31. The van der Waals surface area contributed by atoms with Gasteiger partial charge < -0.3 is 15.4 Å². The summed E-state index contributed by atoms with van der Waals surface area (Å²) in [6.45, 7) is 0.451. The van der Waals surface area contributed by atoms with E-state index >= 15 is 0 Å². The molecule has 0 unspecified atom stereocenters. The topological polar surface area (TPSA) is 55.6 Å². The number of nitrogens with zero attached hydrogens (tertiary/aromatic N) is 1. The van der Waals surface area contributed by atoms with Crippen molar-refractivity contribution in [2.24, 2.45) is 0 Å². The van der Waals surface area contributed by atoms with Gasteiger partial charge in [-0.2, -0.15) is 0 Å². The SMILES string of the molecule is COc1ccc(Cl)cc1CN(C)C(=O)CCc1ccccc1N.Cl. The second-order valence-electron chi connectivity index (χ2n) is 5.40. The molecule has 0 bridgehead atoms.